The van der Waals surface area contributed by atoms with E-state index in [1.54, 1.807) is 19.1 Å². The minimum absolute atomic E-state index is 0.0534. The Bertz CT molecular complexity index is 839. The van der Waals surface area contributed by atoms with Gasteiger partial charge in [0, 0.05) is 12.1 Å². The predicted molar refractivity (Wildman–Crippen MR) is 90.9 cm³/mol. The minimum atomic E-state index is -0.506. The van der Waals surface area contributed by atoms with Gasteiger partial charge >= 0.3 is 0 Å². The lowest BCUT2D eigenvalue weighted by Crippen LogP contribution is -1.93. The normalized spacial score (nSPS) is 11.0. The zero-order valence-electron chi connectivity index (χ0n) is 12.7. The van der Waals surface area contributed by atoms with Crippen LogP contribution in [-0.2, 0) is 0 Å². The fourth-order valence-electron chi connectivity index (χ4n) is 2.05. The number of benzene rings is 2. The number of halogens is 1. The Morgan fingerprint density at radius 3 is 2.62 bits per heavy atom. The molecule has 0 aliphatic carbocycles. The van der Waals surface area contributed by atoms with Gasteiger partial charge in [-0.1, -0.05) is 11.6 Å². The second kappa shape index (κ2) is 7.49. The quantitative estimate of drug-likeness (QED) is 0.375. The fraction of sp³-hybridized carbons (Fsp3) is 0.118. The predicted octanol–water partition coefficient (Wildman–Crippen LogP) is 4.42. The first-order valence-electron chi connectivity index (χ1n) is 6.98. The molecule has 0 saturated heterocycles. The largest absolute Gasteiger partial charge is 0.503 e. The van der Waals surface area contributed by atoms with Crippen LogP contribution in [0.4, 0.5) is 5.69 Å². The van der Waals surface area contributed by atoms with Crippen LogP contribution in [0.2, 0.25) is 5.02 Å². The van der Waals surface area contributed by atoms with Crippen molar-refractivity contribution < 1.29 is 14.8 Å². The number of ether oxygens (including phenoxy) is 1. The molecule has 0 atom stereocenters. The first-order chi connectivity index (χ1) is 11.5. The maximum Gasteiger partial charge on any atom is 0.269 e. The van der Waals surface area contributed by atoms with Crippen molar-refractivity contribution in [2.75, 3.05) is 6.61 Å². The third-order valence-electron chi connectivity index (χ3n) is 3.17. The third-order valence-corrected chi connectivity index (χ3v) is 3.46. The van der Waals surface area contributed by atoms with Crippen LogP contribution in [0.5, 0.6) is 11.5 Å². The average Bonchev–Trinajstić information content (AvgIpc) is 2.57. The zero-order valence-corrected chi connectivity index (χ0v) is 13.4. The van der Waals surface area contributed by atoms with Crippen LogP contribution >= 0.6 is 11.6 Å². The summed E-state index contributed by atoms with van der Waals surface area (Å²) in [5.41, 5.74) is 1.35. The number of nitro benzene ring substituents is 1. The average molecular weight is 345 g/mol. The number of nitriles is 1. The molecular weight excluding hydrogens is 332 g/mol. The van der Waals surface area contributed by atoms with E-state index in [0.29, 0.717) is 23.3 Å². The van der Waals surface area contributed by atoms with Gasteiger partial charge in [-0.05, 0) is 48.4 Å². The molecule has 0 radical (unpaired) electrons. The molecule has 0 amide bonds. The first-order valence-corrected chi connectivity index (χ1v) is 7.36. The van der Waals surface area contributed by atoms with Crippen molar-refractivity contribution in [2.24, 2.45) is 0 Å². The van der Waals surface area contributed by atoms with Gasteiger partial charge in [0.1, 0.15) is 0 Å². The number of nitro groups is 1. The monoisotopic (exact) mass is 344 g/mol. The number of aromatic hydroxyl groups is 1. The van der Waals surface area contributed by atoms with Gasteiger partial charge in [0.2, 0.25) is 0 Å². The molecule has 6 nitrogen and oxygen atoms in total. The summed E-state index contributed by atoms with van der Waals surface area (Å²) in [6, 6.07) is 10.8. The minimum Gasteiger partial charge on any atom is -0.503 e. The molecule has 7 heteroatoms. The molecule has 2 aromatic carbocycles. The summed E-state index contributed by atoms with van der Waals surface area (Å²) in [5, 5.41) is 30.0. The molecule has 0 bridgehead atoms. The Labute approximate surface area is 143 Å². The first kappa shape index (κ1) is 17.3. The Balaban J connectivity index is 2.44. The van der Waals surface area contributed by atoms with Crippen molar-refractivity contribution in [3.05, 3.63) is 62.7 Å². The van der Waals surface area contributed by atoms with Crippen molar-refractivity contribution >= 4 is 28.9 Å². The van der Waals surface area contributed by atoms with Gasteiger partial charge in [-0.25, -0.2) is 0 Å². The lowest BCUT2D eigenvalue weighted by molar-refractivity contribution is -0.384. The van der Waals surface area contributed by atoms with Gasteiger partial charge in [0.25, 0.3) is 5.69 Å². The van der Waals surface area contributed by atoms with Crippen LogP contribution in [0.15, 0.2) is 36.4 Å². The molecule has 0 heterocycles. The van der Waals surface area contributed by atoms with Crippen LogP contribution in [0.3, 0.4) is 0 Å². The topological polar surface area (TPSA) is 96.4 Å². The number of hydrogen-bond acceptors (Lipinski definition) is 5. The van der Waals surface area contributed by atoms with Gasteiger partial charge < -0.3 is 9.84 Å². The molecule has 2 aromatic rings. The van der Waals surface area contributed by atoms with Crippen molar-refractivity contribution in [1.29, 1.82) is 5.26 Å². The number of allylic oxidation sites excluding steroid dienone is 1. The summed E-state index contributed by atoms with van der Waals surface area (Å²) < 4.78 is 5.30. The van der Waals surface area contributed by atoms with Crippen molar-refractivity contribution in [3.63, 3.8) is 0 Å². The number of nitrogens with zero attached hydrogens (tertiary/aromatic N) is 2. The van der Waals surface area contributed by atoms with Crippen LogP contribution in [-0.4, -0.2) is 16.6 Å². The molecule has 0 aromatic heterocycles. The fourth-order valence-corrected chi connectivity index (χ4v) is 2.27. The molecule has 0 unspecified atom stereocenters. The van der Waals surface area contributed by atoms with E-state index in [2.05, 4.69) is 0 Å². The second-order valence-corrected chi connectivity index (χ2v) is 5.16. The van der Waals surface area contributed by atoms with Crippen LogP contribution in [0.1, 0.15) is 18.1 Å². The lowest BCUT2D eigenvalue weighted by Gasteiger charge is -2.09. The standard InChI is InChI=1S/C17H13ClN2O4/c1-2-24-16-9-11(8-15(18)17(16)21)7-13(10-19)12-3-5-14(6-4-12)20(22)23/h3-9,21H,2H2,1H3/b13-7-. The van der Waals surface area contributed by atoms with E-state index in [-0.39, 0.29) is 22.2 Å². The van der Waals surface area contributed by atoms with Crippen molar-refractivity contribution in [1.82, 2.24) is 0 Å². The molecule has 122 valence electrons. The molecule has 1 N–H and O–H groups in total. The summed E-state index contributed by atoms with van der Waals surface area (Å²) in [6.07, 6.45) is 1.56. The van der Waals surface area contributed by atoms with Gasteiger partial charge in [0.05, 0.1) is 28.2 Å². The van der Waals surface area contributed by atoms with E-state index < -0.39 is 4.92 Å². The van der Waals surface area contributed by atoms with Gasteiger partial charge in [-0.15, -0.1) is 0 Å². The summed E-state index contributed by atoms with van der Waals surface area (Å²) in [7, 11) is 0. The maximum atomic E-state index is 10.7. The number of phenolic OH excluding ortho intramolecular Hbond substituents is 1. The van der Waals surface area contributed by atoms with Crippen molar-refractivity contribution in [2.45, 2.75) is 6.92 Å². The SMILES string of the molecule is CCOc1cc(/C=C(/C#N)c2ccc([N+](=O)[O-])cc2)cc(Cl)c1O. The van der Waals surface area contributed by atoms with Gasteiger partial charge in [0.15, 0.2) is 11.5 Å². The van der Waals surface area contributed by atoms with E-state index >= 15 is 0 Å². The highest BCUT2D eigenvalue weighted by molar-refractivity contribution is 6.32. The lowest BCUT2D eigenvalue weighted by atomic mass is 10.0. The molecule has 0 aliphatic rings. The van der Waals surface area contributed by atoms with Gasteiger partial charge in [-0.2, -0.15) is 5.26 Å². The van der Waals surface area contributed by atoms with Crippen molar-refractivity contribution in [3.8, 4) is 17.6 Å². The number of rotatable bonds is 5. The highest BCUT2D eigenvalue weighted by Crippen LogP contribution is 2.36. The highest BCUT2D eigenvalue weighted by Gasteiger charge is 2.11. The van der Waals surface area contributed by atoms with E-state index in [1.807, 2.05) is 6.07 Å². The Morgan fingerprint density at radius 1 is 1.42 bits per heavy atom. The Hall–Kier alpha value is -3.04. The zero-order chi connectivity index (χ0) is 17.7. The number of hydrogen-bond donors (Lipinski definition) is 1. The second-order valence-electron chi connectivity index (χ2n) is 4.76. The molecule has 2 rings (SSSR count). The van der Waals surface area contributed by atoms with Crippen LogP contribution in [0.25, 0.3) is 11.6 Å². The maximum absolute atomic E-state index is 10.7. The molecule has 0 aliphatic heterocycles. The Morgan fingerprint density at radius 2 is 2.08 bits per heavy atom. The molecule has 24 heavy (non-hydrogen) atoms. The Kier molecular flexibility index (Phi) is 5.40. The molecule has 0 saturated carbocycles. The highest BCUT2D eigenvalue weighted by atomic mass is 35.5. The summed E-state index contributed by atoms with van der Waals surface area (Å²) >= 11 is 5.97. The number of non-ortho nitro benzene ring substituents is 1. The van der Waals surface area contributed by atoms with Crippen LogP contribution in [0, 0.1) is 21.4 Å². The number of phenols is 1. The van der Waals surface area contributed by atoms with E-state index in [4.69, 9.17) is 16.3 Å². The molecule has 0 fully saturated rings. The molecule has 0 spiro atoms. The summed E-state index contributed by atoms with van der Waals surface area (Å²) in [4.78, 5) is 10.2. The van der Waals surface area contributed by atoms with Gasteiger partial charge in [-0.3, -0.25) is 10.1 Å². The van der Waals surface area contributed by atoms with E-state index in [1.165, 1.54) is 30.3 Å². The summed E-state index contributed by atoms with van der Waals surface area (Å²) in [5.74, 6) is 0.0572. The summed E-state index contributed by atoms with van der Waals surface area (Å²) in [6.45, 7) is 2.12. The van der Waals surface area contributed by atoms with E-state index in [0.717, 1.165) is 0 Å². The van der Waals surface area contributed by atoms with Crippen LogP contribution < -0.4 is 4.74 Å². The smallest absolute Gasteiger partial charge is 0.269 e. The third kappa shape index (κ3) is 3.83. The molecular formula is C17H13ClN2O4. The van der Waals surface area contributed by atoms with E-state index in [9.17, 15) is 20.5 Å².